The Balaban J connectivity index is 1.89. The van der Waals surface area contributed by atoms with E-state index in [0.717, 1.165) is 30.6 Å². The number of primary amides is 1. The van der Waals surface area contributed by atoms with Crippen molar-refractivity contribution in [1.82, 2.24) is 10.6 Å². The molecule has 1 aromatic carbocycles. The van der Waals surface area contributed by atoms with Gasteiger partial charge in [0.25, 0.3) is 0 Å². The number of anilines is 1. The number of nitrogens with one attached hydrogen (secondary N) is 2. The number of nitrogens with two attached hydrogens (primary N) is 1. The van der Waals surface area contributed by atoms with Crippen molar-refractivity contribution in [1.29, 1.82) is 0 Å². The number of nitrogens with zero attached hydrogens (tertiary/aromatic N) is 1. The normalized spacial score (nSPS) is 17.9. The van der Waals surface area contributed by atoms with Crippen molar-refractivity contribution in [3.05, 3.63) is 29.8 Å². The fourth-order valence-electron chi connectivity index (χ4n) is 2.76. The zero-order chi connectivity index (χ0) is 16.8. The van der Waals surface area contributed by atoms with Crippen LogP contribution in [-0.2, 0) is 11.3 Å². The molecule has 0 saturated carbocycles. The second-order valence-electron chi connectivity index (χ2n) is 6.34. The smallest absolute Gasteiger partial charge is 0.315 e. The highest BCUT2D eigenvalue weighted by atomic mass is 16.2. The first-order chi connectivity index (χ1) is 11.0. The van der Waals surface area contributed by atoms with E-state index in [0.29, 0.717) is 13.1 Å². The molecule has 2 rings (SSSR count). The van der Waals surface area contributed by atoms with E-state index in [-0.39, 0.29) is 23.9 Å². The maximum atomic E-state index is 11.6. The summed E-state index contributed by atoms with van der Waals surface area (Å²) < 4.78 is 0. The standard InChI is InChI=1S/C17H26N4O2/c1-12(2)20-17(23)19-10-13-5-7-15(8-6-13)21-9-3-4-14(11-21)16(18)22/h5-8,12,14H,3-4,9-11H2,1-2H3,(H2,18,22)(H2,19,20,23)/t14-/m0/s1. The Bertz CT molecular complexity index is 542. The molecule has 6 heteroatoms. The van der Waals surface area contributed by atoms with Crippen molar-refractivity contribution in [2.45, 2.75) is 39.3 Å². The third-order valence-corrected chi connectivity index (χ3v) is 4.00. The van der Waals surface area contributed by atoms with Crippen LogP contribution >= 0.6 is 0 Å². The highest BCUT2D eigenvalue weighted by Crippen LogP contribution is 2.23. The molecular formula is C17H26N4O2. The van der Waals surface area contributed by atoms with Crippen molar-refractivity contribution in [2.24, 2.45) is 11.7 Å². The molecular weight excluding hydrogens is 292 g/mol. The van der Waals surface area contributed by atoms with E-state index >= 15 is 0 Å². The second-order valence-corrected chi connectivity index (χ2v) is 6.34. The van der Waals surface area contributed by atoms with Gasteiger partial charge in [0.2, 0.25) is 5.91 Å². The van der Waals surface area contributed by atoms with Crippen LogP contribution in [0.4, 0.5) is 10.5 Å². The summed E-state index contributed by atoms with van der Waals surface area (Å²) in [5, 5.41) is 5.62. The Morgan fingerprint density at radius 2 is 2.00 bits per heavy atom. The van der Waals surface area contributed by atoms with E-state index in [2.05, 4.69) is 15.5 Å². The van der Waals surface area contributed by atoms with Crippen LogP contribution in [-0.4, -0.2) is 31.1 Å². The molecule has 23 heavy (non-hydrogen) atoms. The van der Waals surface area contributed by atoms with Gasteiger partial charge in [0.05, 0.1) is 5.92 Å². The molecule has 1 heterocycles. The van der Waals surface area contributed by atoms with Gasteiger partial charge in [-0.15, -0.1) is 0 Å². The van der Waals surface area contributed by atoms with Gasteiger partial charge in [0, 0.05) is 31.4 Å². The van der Waals surface area contributed by atoms with E-state index in [1.165, 1.54) is 0 Å². The summed E-state index contributed by atoms with van der Waals surface area (Å²) >= 11 is 0. The van der Waals surface area contributed by atoms with Crippen molar-refractivity contribution in [3.8, 4) is 0 Å². The first-order valence-electron chi connectivity index (χ1n) is 8.13. The van der Waals surface area contributed by atoms with Gasteiger partial charge in [-0.05, 0) is 44.4 Å². The zero-order valence-corrected chi connectivity index (χ0v) is 13.8. The fraction of sp³-hybridized carbons (Fsp3) is 0.529. The molecule has 0 aliphatic carbocycles. The lowest BCUT2D eigenvalue weighted by Crippen LogP contribution is -2.41. The molecule has 0 unspecified atom stereocenters. The van der Waals surface area contributed by atoms with Crippen LogP contribution in [0.15, 0.2) is 24.3 Å². The number of hydrogen-bond donors (Lipinski definition) is 3. The van der Waals surface area contributed by atoms with Crippen LogP contribution in [0.3, 0.4) is 0 Å². The van der Waals surface area contributed by atoms with Gasteiger partial charge >= 0.3 is 6.03 Å². The molecule has 4 N–H and O–H groups in total. The molecule has 6 nitrogen and oxygen atoms in total. The number of carbonyl (C=O) groups is 2. The van der Waals surface area contributed by atoms with Gasteiger partial charge < -0.3 is 21.3 Å². The largest absolute Gasteiger partial charge is 0.371 e. The Labute approximate surface area is 137 Å². The quantitative estimate of drug-likeness (QED) is 0.770. The predicted octanol–water partition coefficient (Wildman–Crippen LogP) is 1.60. The number of piperidine rings is 1. The number of hydrogen-bond acceptors (Lipinski definition) is 3. The first-order valence-corrected chi connectivity index (χ1v) is 8.13. The highest BCUT2D eigenvalue weighted by molar-refractivity contribution is 5.77. The lowest BCUT2D eigenvalue weighted by Gasteiger charge is -2.33. The third kappa shape index (κ3) is 5.16. The lowest BCUT2D eigenvalue weighted by atomic mass is 9.97. The minimum Gasteiger partial charge on any atom is -0.371 e. The van der Waals surface area contributed by atoms with Crippen LogP contribution in [0.2, 0.25) is 0 Å². The van der Waals surface area contributed by atoms with Crippen molar-refractivity contribution in [3.63, 3.8) is 0 Å². The topological polar surface area (TPSA) is 87.5 Å². The molecule has 1 aliphatic heterocycles. The number of amides is 3. The SMILES string of the molecule is CC(C)NC(=O)NCc1ccc(N2CCC[C@H](C(N)=O)C2)cc1. The predicted molar refractivity (Wildman–Crippen MR) is 91.1 cm³/mol. The van der Waals surface area contributed by atoms with Crippen LogP contribution in [0.5, 0.6) is 0 Å². The van der Waals surface area contributed by atoms with Gasteiger partial charge in [0.1, 0.15) is 0 Å². The maximum Gasteiger partial charge on any atom is 0.315 e. The van der Waals surface area contributed by atoms with E-state index in [9.17, 15) is 9.59 Å². The number of rotatable bonds is 5. The van der Waals surface area contributed by atoms with Crippen LogP contribution in [0.25, 0.3) is 0 Å². The summed E-state index contributed by atoms with van der Waals surface area (Å²) in [5.41, 5.74) is 7.55. The van der Waals surface area contributed by atoms with E-state index in [1.54, 1.807) is 0 Å². The van der Waals surface area contributed by atoms with Crippen LogP contribution in [0.1, 0.15) is 32.3 Å². The average Bonchev–Trinajstić information content (AvgIpc) is 2.53. The van der Waals surface area contributed by atoms with Crippen molar-refractivity contribution < 1.29 is 9.59 Å². The summed E-state index contributed by atoms with van der Waals surface area (Å²) in [4.78, 5) is 25.1. The molecule has 0 spiro atoms. The monoisotopic (exact) mass is 318 g/mol. The fourth-order valence-corrected chi connectivity index (χ4v) is 2.76. The molecule has 3 amide bonds. The summed E-state index contributed by atoms with van der Waals surface area (Å²) in [5.74, 6) is -0.281. The van der Waals surface area contributed by atoms with Gasteiger partial charge in [-0.25, -0.2) is 4.79 Å². The number of urea groups is 1. The van der Waals surface area contributed by atoms with Crippen molar-refractivity contribution in [2.75, 3.05) is 18.0 Å². The van der Waals surface area contributed by atoms with Gasteiger partial charge in [-0.3, -0.25) is 4.79 Å². The molecule has 1 atom stereocenters. The highest BCUT2D eigenvalue weighted by Gasteiger charge is 2.23. The van der Waals surface area contributed by atoms with Crippen LogP contribution < -0.4 is 21.3 Å². The number of benzene rings is 1. The summed E-state index contributed by atoms with van der Waals surface area (Å²) in [6.45, 7) is 5.96. The summed E-state index contributed by atoms with van der Waals surface area (Å²) in [7, 11) is 0. The molecule has 1 aromatic rings. The Morgan fingerprint density at radius 3 is 2.61 bits per heavy atom. The molecule has 0 aromatic heterocycles. The van der Waals surface area contributed by atoms with Gasteiger partial charge in [-0.2, -0.15) is 0 Å². The van der Waals surface area contributed by atoms with E-state index in [4.69, 9.17) is 5.73 Å². The minimum atomic E-state index is -0.216. The van der Waals surface area contributed by atoms with E-state index < -0.39 is 0 Å². The molecule has 1 fully saturated rings. The Kier molecular flexibility index (Phi) is 5.84. The minimum absolute atomic E-state index is 0.0650. The maximum absolute atomic E-state index is 11.6. The average molecular weight is 318 g/mol. The lowest BCUT2D eigenvalue weighted by molar-refractivity contribution is -0.122. The second kappa shape index (κ2) is 7.85. The molecule has 1 saturated heterocycles. The Hall–Kier alpha value is -2.24. The summed E-state index contributed by atoms with van der Waals surface area (Å²) in [6.07, 6.45) is 1.85. The van der Waals surface area contributed by atoms with Gasteiger partial charge in [-0.1, -0.05) is 12.1 Å². The molecule has 0 radical (unpaired) electrons. The molecule has 126 valence electrons. The van der Waals surface area contributed by atoms with Gasteiger partial charge in [0.15, 0.2) is 0 Å². The number of carbonyl (C=O) groups excluding carboxylic acids is 2. The van der Waals surface area contributed by atoms with Crippen LogP contribution in [0, 0.1) is 5.92 Å². The Morgan fingerprint density at radius 1 is 1.30 bits per heavy atom. The summed E-state index contributed by atoms with van der Waals surface area (Å²) in [6, 6.07) is 8.01. The third-order valence-electron chi connectivity index (χ3n) is 4.00. The molecule has 1 aliphatic rings. The zero-order valence-electron chi connectivity index (χ0n) is 13.8. The molecule has 0 bridgehead atoms. The first kappa shape index (κ1) is 17.1. The van der Waals surface area contributed by atoms with Crippen molar-refractivity contribution >= 4 is 17.6 Å². The van der Waals surface area contributed by atoms with E-state index in [1.807, 2.05) is 38.1 Å².